The molecule has 2 heterocycles. The molecule has 15 heavy (non-hydrogen) atoms. The zero-order valence-corrected chi connectivity index (χ0v) is 10.00. The van der Waals surface area contributed by atoms with Gasteiger partial charge in [0.25, 0.3) is 0 Å². The molecule has 2 unspecified atom stereocenters. The molecule has 1 aliphatic rings. The van der Waals surface area contributed by atoms with Gasteiger partial charge in [-0.3, -0.25) is 0 Å². The molecule has 0 radical (unpaired) electrons. The van der Waals surface area contributed by atoms with Crippen molar-refractivity contribution in [1.82, 2.24) is 25.5 Å². The highest BCUT2D eigenvalue weighted by Gasteiger charge is 2.20. The van der Waals surface area contributed by atoms with Crippen molar-refractivity contribution in [2.75, 3.05) is 12.8 Å². The maximum Gasteiger partial charge on any atom is 0.167 e. The summed E-state index contributed by atoms with van der Waals surface area (Å²) in [5.41, 5.74) is 0. The van der Waals surface area contributed by atoms with Crippen molar-refractivity contribution in [2.24, 2.45) is 0 Å². The molecule has 1 aromatic rings. The van der Waals surface area contributed by atoms with Crippen molar-refractivity contribution in [3.8, 4) is 0 Å². The number of rotatable bonds is 4. The van der Waals surface area contributed by atoms with Gasteiger partial charge in [-0.15, -0.1) is 5.10 Å². The molecule has 2 atom stereocenters. The monoisotopic (exact) mass is 227 g/mol. The number of thioether (sulfide) groups is 1. The third-order valence-electron chi connectivity index (χ3n) is 2.78. The maximum absolute atomic E-state index is 4.06. The minimum Gasteiger partial charge on any atom is -0.311 e. The lowest BCUT2D eigenvalue weighted by Gasteiger charge is -2.13. The van der Waals surface area contributed by atoms with E-state index in [0.29, 0.717) is 5.25 Å². The Labute approximate surface area is 94.0 Å². The summed E-state index contributed by atoms with van der Waals surface area (Å²) in [4.78, 5) is 0. The molecule has 0 bridgehead atoms. The summed E-state index contributed by atoms with van der Waals surface area (Å²) >= 11 is 2.03. The van der Waals surface area contributed by atoms with E-state index in [-0.39, 0.29) is 6.04 Å². The van der Waals surface area contributed by atoms with Crippen molar-refractivity contribution >= 4 is 11.8 Å². The summed E-state index contributed by atoms with van der Waals surface area (Å²) in [6.07, 6.45) is 2.62. The fourth-order valence-corrected chi connectivity index (χ4v) is 3.01. The third-order valence-corrected chi connectivity index (χ3v) is 4.16. The molecule has 0 aliphatic carbocycles. The summed E-state index contributed by atoms with van der Waals surface area (Å²) in [6, 6.07) is 0.214. The SMILES string of the molecule is CNC(C)c1nnnn1CC1CCCS1. The van der Waals surface area contributed by atoms with Gasteiger partial charge in [-0.2, -0.15) is 11.8 Å². The average molecular weight is 227 g/mol. The van der Waals surface area contributed by atoms with Crippen LogP contribution in [0.15, 0.2) is 0 Å². The van der Waals surface area contributed by atoms with Crippen molar-refractivity contribution in [3.63, 3.8) is 0 Å². The van der Waals surface area contributed by atoms with Crippen LogP contribution in [0, 0.1) is 0 Å². The second-order valence-electron chi connectivity index (χ2n) is 3.86. The van der Waals surface area contributed by atoms with Gasteiger partial charge in [-0.05, 0) is 43.0 Å². The topological polar surface area (TPSA) is 55.6 Å². The highest BCUT2D eigenvalue weighted by molar-refractivity contribution is 8.00. The highest BCUT2D eigenvalue weighted by Crippen LogP contribution is 2.27. The van der Waals surface area contributed by atoms with Crippen LogP contribution in [-0.2, 0) is 6.54 Å². The second kappa shape index (κ2) is 4.94. The molecule has 0 aromatic carbocycles. The van der Waals surface area contributed by atoms with Crippen molar-refractivity contribution in [3.05, 3.63) is 5.82 Å². The van der Waals surface area contributed by atoms with Crippen LogP contribution in [0.3, 0.4) is 0 Å². The van der Waals surface area contributed by atoms with E-state index in [4.69, 9.17) is 0 Å². The van der Waals surface area contributed by atoms with E-state index < -0.39 is 0 Å². The van der Waals surface area contributed by atoms with E-state index in [1.54, 1.807) is 0 Å². The Morgan fingerprint density at radius 1 is 1.67 bits per heavy atom. The van der Waals surface area contributed by atoms with Crippen LogP contribution >= 0.6 is 11.8 Å². The minimum atomic E-state index is 0.214. The number of hydrogen-bond acceptors (Lipinski definition) is 5. The van der Waals surface area contributed by atoms with E-state index >= 15 is 0 Å². The summed E-state index contributed by atoms with van der Waals surface area (Å²) in [5, 5.41) is 15.7. The molecule has 0 spiro atoms. The fourth-order valence-electron chi connectivity index (χ4n) is 1.76. The van der Waals surface area contributed by atoms with Crippen molar-refractivity contribution in [1.29, 1.82) is 0 Å². The molecular weight excluding hydrogens is 210 g/mol. The molecule has 2 rings (SSSR count). The molecule has 84 valence electrons. The lowest BCUT2D eigenvalue weighted by atomic mass is 10.2. The van der Waals surface area contributed by atoms with Gasteiger partial charge in [0.2, 0.25) is 0 Å². The Morgan fingerprint density at radius 3 is 3.20 bits per heavy atom. The smallest absolute Gasteiger partial charge is 0.167 e. The maximum atomic E-state index is 4.06. The number of nitrogens with zero attached hydrogens (tertiary/aromatic N) is 4. The number of nitrogens with one attached hydrogen (secondary N) is 1. The normalized spacial score (nSPS) is 23.2. The number of hydrogen-bond donors (Lipinski definition) is 1. The Kier molecular flexibility index (Phi) is 3.58. The molecule has 1 N–H and O–H groups in total. The zero-order valence-electron chi connectivity index (χ0n) is 9.18. The van der Waals surface area contributed by atoms with Crippen LogP contribution in [0.25, 0.3) is 0 Å². The first-order valence-electron chi connectivity index (χ1n) is 5.36. The average Bonchev–Trinajstić information content (AvgIpc) is 2.88. The predicted molar refractivity (Wildman–Crippen MR) is 60.8 cm³/mol. The van der Waals surface area contributed by atoms with Crippen LogP contribution in [-0.4, -0.2) is 38.3 Å². The standard InChI is InChI=1S/C9H17N5S/c1-7(10-2)9-11-12-13-14(9)6-8-4-3-5-15-8/h7-8,10H,3-6H2,1-2H3. The molecule has 1 fully saturated rings. The molecule has 1 aliphatic heterocycles. The molecule has 1 saturated heterocycles. The first-order valence-corrected chi connectivity index (χ1v) is 6.41. The Hall–Kier alpha value is -0.620. The van der Waals surface area contributed by atoms with Gasteiger partial charge in [0.1, 0.15) is 0 Å². The van der Waals surface area contributed by atoms with E-state index in [9.17, 15) is 0 Å². The van der Waals surface area contributed by atoms with Crippen LogP contribution < -0.4 is 5.32 Å². The Bertz CT molecular complexity index is 307. The van der Waals surface area contributed by atoms with Crippen LogP contribution in [0.5, 0.6) is 0 Å². The molecule has 6 heteroatoms. The zero-order chi connectivity index (χ0) is 10.7. The van der Waals surface area contributed by atoms with E-state index in [1.807, 2.05) is 23.5 Å². The summed E-state index contributed by atoms with van der Waals surface area (Å²) < 4.78 is 1.93. The van der Waals surface area contributed by atoms with Gasteiger partial charge in [0.05, 0.1) is 12.6 Å². The summed E-state index contributed by atoms with van der Waals surface area (Å²) in [6.45, 7) is 3.02. The highest BCUT2D eigenvalue weighted by atomic mass is 32.2. The molecule has 0 saturated carbocycles. The molecular formula is C9H17N5S. The summed E-state index contributed by atoms with van der Waals surface area (Å²) in [7, 11) is 1.92. The Morgan fingerprint density at radius 2 is 2.53 bits per heavy atom. The first-order chi connectivity index (χ1) is 7.31. The quantitative estimate of drug-likeness (QED) is 0.826. The first kappa shape index (κ1) is 10.9. The van der Waals surface area contributed by atoms with Crippen LogP contribution in [0.1, 0.15) is 31.6 Å². The van der Waals surface area contributed by atoms with Crippen LogP contribution in [0.2, 0.25) is 0 Å². The van der Waals surface area contributed by atoms with Gasteiger partial charge in [0.15, 0.2) is 5.82 Å². The lowest BCUT2D eigenvalue weighted by molar-refractivity contribution is 0.499. The number of tetrazole rings is 1. The number of aromatic nitrogens is 4. The third kappa shape index (κ3) is 2.49. The minimum absolute atomic E-state index is 0.214. The summed E-state index contributed by atoms with van der Waals surface area (Å²) in [5.74, 6) is 2.22. The van der Waals surface area contributed by atoms with Crippen molar-refractivity contribution < 1.29 is 0 Å². The van der Waals surface area contributed by atoms with E-state index in [2.05, 4.69) is 27.8 Å². The van der Waals surface area contributed by atoms with Gasteiger partial charge < -0.3 is 5.32 Å². The Balaban J connectivity index is 2.03. The van der Waals surface area contributed by atoms with Gasteiger partial charge in [0, 0.05) is 5.25 Å². The molecule has 1 aromatic heterocycles. The van der Waals surface area contributed by atoms with Gasteiger partial charge >= 0.3 is 0 Å². The largest absolute Gasteiger partial charge is 0.311 e. The van der Waals surface area contributed by atoms with E-state index in [1.165, 1.54) is 18.6 Å². The van der Waals surface area contributed by atoms with Crippen molar-refractivity contribution in [2.45, 2.75) is 37.6 Å². The second-order valence-corrected chi connectivity index (χ2v) is 5.27. The van der Waals surface area contributed by atoms with E-state index in [0.717, 1.165) is 12.4 Å². The molecule has 5 nitrogen and oxygen atoms in total. The lowest BCUT2D eigenvalue weighted by Crippen LogP contribution is -2.21. The van der Waals surface area contributed by atoms with Gasteiger partial charge in [-0.1, -0.05) is 0 Å². The fraction of sp³-hybridized carbons (Fsp3) is 0.889. The predicted octanol–water partition coefficient (Wildman–Crippen LogP) is 0.849. The molecule has 0 amide bonds. The van der Waals surface area contributed by atoms with Crippen LogP contribution in [0.4, 0.5) is 0 Å². The van der Waals surface area contributed by atoms with Gasteiger partial charge in [-0.25, -0.2) is 4.68 Å².